The molecule has 0 aliphatic carbocycles. The van der Waals surface area contributed by atoms with Gasteiger partial charge in [-0.25, -0.2) is 4.79 Å². The summed E-state index contributed by atoms with van der Waals surface area (Å²) >= 11 is 0. The second-order valence-electron chi connectivity index (χ2n) is 6.02. The lowest BCUT2D eigenvalue weighted by Crippen LogP contribution is -2.02. The van der Waals surface area contributed by atoms with Crippen molar-refractivity contribution in [1.29, 1.82) is 5.26 Å². The Morgan fingerprint density at radius 2 is 1.79 bits per heavy atom. The maximum absolute atomic E-state index is 12.2. The van der Waals surface area contributed by atoms with Crippen molar-refractivity contribution in [2.75, 3.05) is 7.11 Å². The molecule has 6 nitrogen and oxygen atoms in total. The minimum atomic E-state index is -0.465. The molecule has 29 heavy (non-hydrogen) atoms. The van der Waals surface area contributed by atoms with Gasteiger partial charge in [-0.3, -0.25) is 4.79 Å². The molecule has 0 bridgehead atoms. The second kappa shape index (κ2) is 9.20. The van der Waals surface area contributed by atoms with Crippen LogP contribution >= 0.6 is 0 Å². The van der Waals surface area contributed by atoms with E-state index in [0.717, 1.165) is 5.56 Å². The molecule has 3 rings (SSSR count). The van der Waals surface area contributed by atoms with E-state index in [-0.39, 0.29) is 17.3 Å². The standard InChI is InChI=1S/C23H17NO5/c1-27-23(26)18-8-4-17(5-9-18)15-29-20-10-6-16(7-11-20)13-19(14-24)22(25)21-3-2-12-28-21/h2-13H,15H2,1H3/b19-13+. The molecule has 0 spiro atoms. The monoisotopic (exact) mass is 387 g/mol. The van der Waals surface area contributed by atoms with E-state index >= 15 is 0 Å². The molecule has 0 unspecified atom stereocenters. The zero-order chi connectivity index (χ0) is 20.6. The van der Waals surface area contributed by atoms with Crippen LogP contribution in [0, 0.1) is 11.3 Å². The number of hydrogen-bond donors (Lipinski definition) is 0. The summed E-state index contributed by atoms with van der Waals surface area (Å²) in [6, 6.07) is 19.0. The average molecular weight is 387 g/mol. The van der Waals surface area contributed by atoms with Gasteiger partial charge in [-0.15, -0.1) is 0 Å². The number of ether oxygens (including phenoxy) is 2. The molecule has 1 heterocycles. The predicted molar refractivity (Wildman–Crippen MR) is 105 cm³/mol. The molecule has 3 aromatic rings. The molecule has 0 aliphatic heterocycles. The smallest absolute Gasteiger partial charge is 0.337 e. The van der Waals surface area contributed by atoms with Crippen LogP contribution in [0.15, 0.2) is 76.9 Å². The number of ketones is 1. The van der Waals surface area contributed by atoms with Crippen LogP contribution in [-0.2, 0) is 11.3 Å². The van der Waals surface area contributed by atoms with Crippen molar-refractivity contribution in [3.8, 4) is 11.8 Å². The summed E-state index contributed by atoms with van der Waals surface area (Å²) in [5.74, 6) is -0.0948. The molecule has 0 fully saturated rings. The summed E-state index contributed by atoms with van der Waals surface area (Å²) in [7, 11) is 1.34. The van der Waals surface area contributed by atoms with Gasteiger partial charge in [0.1, 0.15) is 24.0 Å². The number of carbonyl (C=O) groups excluding carboxylic acids is 2. The topological polar surface area (TPSA) is 89.5 Å². The molecule has 6 heteroatoms. The fraction of sp³-hybridized carbons (Fsp3) is 0.0870. The summed E-state index contributed by atoms with van der Waals surface area (Å²) in [6.07, 6.45) is 2.89. The van der Waals surface area contributed by atoms with Gasteiger partial charge in [-0.05, 0) is 53.6 Å². The van der Waals surface area contributed by atoms with E-state index in [4.69, 9.17) is 9.15 Å². The summed E-state index contributed by atoms with van der Waals surface area (Å²) in [6.45, 7) is 0.330. The van der Waals surface area contributed by atoms with Crippen LogP contribution < -0.4 is 4.74 Å². The fourth-order valence-corrected chi connectivity index (χ4v) is 2.54. The van der Waals surface area contributed by atoms with Gasteiger partial charge in [0.25, 0.3) is 0 Å². The van der Waals surface area contributed by atoms with E-state index in [1.165, 1.54) is 25.5 Å². The molecule has 0 saturated carbocycles. The van der Waals surface area contributed by atoms with Gasteiger partial charge in [0.05, 0.1) is 18.9 Å². The van der Waals surface area contributed by atoms with Crippen LogP contribution in [0.3, 0.4) is 0 Å². The van der Waals surface area contributed by atoms with E-state index in [1.807, 2.05) is 6.07 Å². The largest absolute Gasteiger partial charge is 0.489 e. The number of hydrogen-bond acceptors (Lipinski definition) is 6. The van der Waals surface area contributed by atoms with Gasteiger partial charge in [0, 0.05) is 0 Å². The number of rotatable bonds is 7. The van der Waals surface area contributed by atoms with Gasteiger partial charge < -0.3 is 13.9 Å². The Hall–Kier alpha value is -4.11. The second-order valence-corrected chi connectivity index (χ2v) is 6.02. The molecule has 0 saturated heterocycles. The molecule has 1 aromatic heterocycles. The van der Waals surface area contributed by atoms with Gasteiger partial charge in [-0.2, -0.15) is 5.26 Å². The number of nitrogens with zero attached hydrogens (tertiary/aromatic N) is 1. The first-order chi connectivity index (χ1) is 14.1. The zero-order valence-electron chi connectivity index (χ0n) is 15.6. The number of methoxy groups -OCH3 is 1. The molecule has 0 aliphatic rings. The summed E-state index contributed by atoms with van der Waals surface area (Å²) in [4.78, 5) is 23.7. The fourth-order valence-electron chi connectivity index (χ4n) is 2.54. The summed E-state index contributed by atoms with van der Waals surface area (Å²) in [5.41, 5.74) is 2.05. The third kappa shape index (κ3) is 4.99. The third-order valence-corrected chi connectivity index (χ3v) is 4.08. The van der Waals surface area contributed by atoms with Crippen LogP contribution in [-0.4, -0.2) is 18.9 Å². The molecule has 0 radical (unpaired) electrons. The van der Waals surface area contributed by atoms with E-state index in [2.05, 4.69) is 4.74 Å². The highest BCUT2D eigenvalue weighted by atomic mass is 16.5. The van der Waals surface area contributed by atoms with Crippen molar-refractivity contribution in [2.45, 2.75) is 6.61 Å². The van der Waals surface area contributed by atoms with E-state index < -0.39 is 5.78 Å². The van der Waals surface area contributed by atoms with Crippen LogP contribution in [0.5, 0.6) is 5.75 Å². The zero-order valence-corrected chi connectivity index (χ0v) is 15.6. The average Bonchev–Trinajstić information content (AvgIpc) is 3.31. The van der Waals surface area contributed by atoms with Crippen molar-refractivity contribution in [3.63, 3.8) is 0 Å². The molecule has 144 valence electrons. The Kier molecular flexibility index (Phi) is 6.23. The van der Waals surface area contributed by atoms with Crippen molar-refractivity contribution in [3.05, 3.63) is 95.0 Å². The summed E-state index contributed by atoms with van der Waals surface area (Å²) < 4.78 is 15.4. The lowest BCUT2D eigenvalue weighted by molar-refractivity contribution is 0.0600. The van der Waals surface area contributed by atoms with Crippen molar-refractivity contribution in [2.24, 2.45) is 0 Å². The molecular weight excluding hydrogens is 370 g/mol. The molecule has 2 aromatic carbocycles. The highest BCUT2D eigenvalue weighted by Gasteiger charge is 2.14. The number of carbonyl (C=O) groups is 2. The summed E-state index contributed by atoms with van der Waals surface area (Å²) in [5, 5.41) is 9.26. The van der Waals surface area contributed by atoms with E-state index in [9.17, 15) is 14.9 Å². The van der Waals surface area contributed by atoms with Crippen molar-refractivity contribution < 1.29 is 23.5 Å². The number of esters is 1. The predicted octanol–water partition coefficient (Wildman–Crippen LogP) is 4.44. The molecular formula is C23H17NO5. The quantitative estimate of drug-likeness (QED) is 0.258. The van der Waals surface area contributed by atoms with Crippen LogP contribution in [0.1, 0.15) is 32.0 Å². The van der Waals surface area contributed by atoms with E-state index in [1.54, 1.807) is 54.6 Å². The van der Waals surface area contributed by atoms with Gasteiger partial charge in [-0.1, -0.05) is 24.3 Å². The Balaban J connectivity index is 1.63. The minimum Gasteiger partial charge on any atom is -0.489 e. The van der Waals surface area contributed by atoms with Crippen LogP contribution in [0.2, 0.25) is 0 Å². The number of allylic oxidation sites excluding steroid dienone is 1. The number of Topliss-reactive ketones (excluding diaryl/α,β-unsaturated/α-hetero) is 1. The Morgan fingerprint density at radius 1 is 1.07 bits per heavy atom. The van der Waals surface area contributed by atoms with Crippen LogP contribution in [0.4, 0.5) is 0 Å². The van der Waals surface area contributed by atoms with Crippen LogP contribution in [0.25, 0.3) is 6.08 Å². The maximum Gasteiger partial charge on any atom is 0.337 e. The number of nitriles is 1. The Labute approximate surface area is 167 Å². The molecule has 0 atom stereocenters. The first-order valence-electron chi connectivity index (χ1n) is 8.71. The maximum atomic E-state index is 12.2. The lowest BCUT2D eigenvalue weighted by atomic mass is 10.1. The van der Waals surface area contributed by atoms with Gasteiger partial charge >= 0.3 is 5.97 Å². The van der Waals surface area contributed by atoms with Gasteiger partial charge in [0.15, 0.2) is 5.76 Å². The number of furan rings is 1. The lowest BCUT2D eigenvalue weighted by Gasteiger charge is -2.07. The van der Waals surface area contributed by atoms with Crippen molar-refractivity contribution >= 4 is 17.8 Å². The van der Waals surface area contributed by atoms with Gasteiger partial charge in [0.2, 0.25) is 5.78 Å². The first-order valence-corrected chi connectivity index (χ1v) is 8.71. The minimum absolute atomic E-state index is 0.0145. The SMILES string of the molecule is COC(=O)c1ccc(COc2ccc(/C=C(\C#N)C(=O)c3ccco3)cc2)cc1. The molecule has 0 N–H and O–H groups in total. The van der Waals surface area contributed by atoms with Crippen molar-refractivity contribution in [1.82, 2.24) is 0 Å². The van der Waals surface area contributed by atoms with E-state index in [0.29, 0.717) is 23.5 Å². The highest BCUT2D eigenvalue weighted by molar-refractivity contribution is 6.12. The number of benzene rings is 2. The highest BCUT2D eigenvalue weighted by Crippen LogP contribution is 2.18. The first kappa shape index (κ1) is 19.6. The normalized spacial score (nSPS) is 10.8. The Morgan fingerprint density at radius 3 is 2.38 bits per heavy atom. The molecule has 0 amide bonds. The Bertz CT molecular complexity index is 1060. The third-order valence-electron chi connectivity index (χ3n) is 4.08.